The molecule has 0 aliphatic heterocycles. The van der Waals surface area contributed by atoms with Gasteiger partial charge in [-0.1, -0.05) is 78.9 Å². The lowest BCUT2D eigenvalue weighted by Gasteiger charge is -2.42. The summed E-state index contributed by atoms with van der Waals surface area (Å²) in [6, 6.07) is 33.3. The number of aromatic nitrogens is 3. The molecule has 194 valence electrons. The monoisotopic (exact) mass is 512 g/mol. The number of hydrogen-bond donors (Lipinski definition) is 2. The second kappa shape index (κ2) is 11.2. The number of rotatable bonds is 8. The Labute approximate surface area is 229 Å². The molecule has 2 atom stereocenters. The van der Waals surface area contributed by atoms with Crippen molar-refractivity contribution >= 4 is 5.95 Å². The van der Waals surface area contributed by atoms with E-state index in [1.165, 1.54) is 11.1 Å². The van der Waals surface area contributed by atoms with Crippen molar-refractivity contribution in [2.45, 2.75) is 37.2 Å². The highest BCUT2D eigenvalue weighted by atomic mass is 16.3. The van der Waals surface area contributed by atoms with Crippen LogP contribution in [0.15, 0.2) is 116 Å². The molecule has 0 spiro atoms. The van der Waals surface area contributed by atoms with Gasteiger partial charge >= 0.3 is 0 Å². The number of aliphatic hydroxyl groups is 1. The molecule has 0 bridgehead atoms. The van der Waals surface area contributed by atoms with E-state index in [0.29, 0.717) is 5.95 Å². The number of nitrogens with zero attached hydrogens (tertiary/aromatic N) is 3. The van der Waals surface area contributed by atoms with Crippen LogP contribution >= 0.6 is 0 Å². The summed E-state index contributed by atoms with van der Waals surface area (Å²) >= 11 is 0. The van der Waals surface area contributed by atoms with Crippen LogP contribution in [0.2, 0.25) is 0 Å². The number of benzene rings is 3. The molecular weight excluding hydrogens is 480 g/mol. The van der Waals surface area contributed by atoms with Crippen molar-refractivity contribution in [3.05, 3.63) is 144 Å². The first-order chi connectivity index (χ1) is 19.2. The summed E-state index contributed by atoms with van der Waals surface area (Å²) in [7, 11) is 0. The Bertz CT molecular complexity index is 1530. The second-order valence-corrected chi connectivity index (χ2v) is 10.2. The summed E-state index contributed by atoms with van der Waals surface area (Å²) in [6.45, 7) is 0.723. The number of pyridine rings is 1. The van der Waals surface area contributed by atoms with E-state index in [1.807, 2.05) is 30.3 Å². The molecule has 5 heteroatoms. The van der Waals surface area contributed by atoms with Crippen LogP contribution in [0.3, 0.4) is 0 Å². The molecule has 0 radical (unpaired) electrons. The molecule has 2 N–H and O–H groups in total. The number of fused-ring (bicyclic) bond motifs is 1. The number of anilines is 1. The van der Waals surface area contributed by atoms with Crippen molar-refractivity contribution in [2.24, 2.45) is 0 Å². The molecule has 1 aliphatic rings. The third kappa shape index (κ3) is 5.06. The Balaban J connectivity index is 1.43. The molecule has 2 aromatic heterocycles. The van der Waals surface area contributed by atoms with E-state index < -0.39 is 11.5 Å². The van der Waals surface area contributed by atoms with Crippen molar-refractivity contribution in [2.75, 3.05) is 11.9 Å². The van der Waals surface area contributed by atoms with Crippen LogP contribution < -0.4 is 5.32 Å². The van der Waals surface area contributed by atoms with Gasteiger partial charge in [-0.05, 0) is 71.7 Å². The van der Waals surface area contributed by atoms with Gasteiger partial charge < -0.3 is 10.4 Å². The molecule has 2 unspecified atom stereocenters. The molecule has 0 amide bonds. The van der Waals surface area contributed by atoms with Gasteiger partial charge in [0.2, 0.25) is 5.95 Å². The summed E-state index contributed by atoms with van der Waals surface area (Å²) in [5.41, 5.74) is 6.80. The molecule has 5 nitrogen and oxygen atoms in total. The fourth-order valence-corrected chi connectivity index (χ4v) is 5.88. The average molecular weight is 513 g/mol. The topological polar surface area (TPSA) is 70.9 Å². The summed E-state index contributed by atoms with van der Waals surface area (Å²) in [5, 5.41) is 15.6. The minimum Gasteiger partial charge on any atom is -0.387 e. The molecular formula is C34H32N4O. The summed E-state index contributed by atoms with van der Waals surface area (Å²) in [4.78, 5) is 13.9. The SMILES string of the molecule is OC(c1cccnc1)C1(c2ccnc(NCCc3ccccc3)n2)CCCc2ccc(-c3ccccc3)cc21. The van der Waals surface area contributed by atoms with Gasteiger partial charge in [0.05, 0.1) is 17.2 Å². The molecule has 5 aromatic rings. The van der Waals surface area contributed by atoms with Crippen molar-refractivity contribution < 1.29 is 5.11 Å². The predicted molar refractivity (Wildman–Crippen MR) is 155 cm³/mol. The molecule has 1 aliphatic carbocycles. The maximum Gasteiger partial charge on any atom is 0.222 e. The standard InChI is InChI=1S/C34H32N4O/c39-32(29-14-8-20-35-24-29)34(31-18-22-37-33(38-31)36-21-17-25-9-3-1-4-10-25)19-7-13-27-15-16-28(23-30(27)34)26-11-5-2-6-12-26/h1-6,8-12,14-16,18,20,22-24,32,39H,7,13,17,19,21H2,(H,36,37,38). The first-order valence-corrected chi connectivity index (χ1v) is 13.6. The summed E-state index contributed by atoms with van der Waals surface area (Å²) < 4.78 is 0. The quantitative estimate of drug-likeness (QED) is 0.247. The van der Waals surface area contributed by atoms with Crippen LogP contribution in [0.25, 0.3) is 11.1 Å². The number of aliphatic hydroxyl groups excluding tert-OH is 1. The maximum atomic E-state index is 12.2. The van der Waals surface area contributed by atoms with E-state index in [1.54, 1.807) is 18.6 Å². The van der Waals surface area contributed by atoms with E-state index in [0.717, 1.165) is 60.2 Å². The highest BCUT2D eigenvalue weighted by Crippen LogP contribution is 2.50. The lowest BCUT2D eigenvalue weighted by molar-refractivity contribution is 0.0882. The molecule has 0 fully saturated rings. The third-order valence-electron chi connectivity index (χ3n) is 7.83. The zero-order valence-electron chi connectivity index (χ0n) is 21.9. The van der Waals surface area contributed by atoms with Crippen LogP contribution in [-0.2, 0) is 18.3 Å². The molecule has 39 heavy (non-hydrogen) atoms. The highest BCUT2D eigenvalue weighted by Gasteiger charge is 2.46. The van der Waals surface area contributed by atoms with Crippen molar-refractivity contribution in [3.63, 3.8) is 0 Å². The van der Waals surface area contributed by atoms with E-state index in [4.69, 9.17) is 4.98 Å². The molecule has 2 heterocycles. The lowest BCUT2D eigenvalue weighted by atomic mass is 9.63. The van der Waals surface area contributed by atoms with E-state index in [9.17, 15) is 5.11 Å². The van der Waals surface area contributed by atoms with Crippen LogP contribution in [0.4, 0.5) is 5.95 Å². The summed E-state index contributed by atoms with van der Waals surface area (Å²) in [6.07, 6.45) is 8.07. The highest BCUT2D eigenvalue weighted by molar-refractivity contribution is 5.66. The Kier molecular flexibility index (Phi) is 7.15. The van der Waals surface area contributed by atoms with Gasteiger partial charge in [-0.3, -0.25) is 4.98 Å². The van der Waals surface area contributed by atoms with Gasteiger partial charge in [-0.15, -0.1) is 0 Å². The van der Waals surface area contributed by atoms with Crippen molar-refractivity contribution in [1.29, 1.82) is 0 Å². The Morgan fingerprint density at radius 3 is 2.46 bits per heavy atom. The Morgan fingerprint density at radius 2 is 1.67 bits per heavy atom. The molecule has 3 aromatic carbocycles. The summed E-state index contributed by atoms with van der Waals surface area (Å²) in [5.74, 6) is 0.576. The zero-order chi connectivity index (χ0) is 26.5. The Hall–Kier alpha value is -4.35. The smallest absolute Gasteiger partial charge is 0.222 e. The minimum absolute atomic E-state index is 0.576. The van der Waals surface area contributed by atoms with Gasteiger partial charge in [0.1, 0.15) is 0 Å². The van der Waals surface area contributed by atoms with E-state index >= 15 is 0 Å². The van der Waals surface area contributed by atoms with E-state index in [-0.39, 0.29) is 0 Å². The fourth-order valence-electron chi connectivity index (χ4n) is 5.88. The average Bonchev–Trinajstić information content (AvgIpc) is 3.01. The Morgan fingerprint density at radius 1 is 0.846 bits per heavy atom. The fraction of sp³-hybridized carbons (Fsp3) is 0.206. The van der Waals surface area contributed by atoms with Gasteiger partial charge in [0.25, 0.3) is 0 Å². The lowest BCUT2D eigenvalue weighted by Crippen LogP contribution is -2.39. The van der Waals surface area contributed by atoms with Gasteiger partial charge in [0, 0.05) is 30.7 Å². The second-order valence-electron chi connectivity index (χ2n) is 10.2. The van der Waals surface area contributed by atoms with Gasteiger partial charge in [-0.2, -0.15) is 0 Å². The van der Waals surface area contributed by atoms with Crippen LogP contribution in [0.1, 0.15) is 46.9 Å². The van der Waals surface area contributed by atoms with E-state index in [2.05, 4.69) is 82.0 Å². The van der Waals surface area contributed by atoms with Crippen LogP contribution in [-0.4, -0.2) is 26.6 Å². The minimum atomic E-state index is -0.816. The third-order valence-corrected chi connectivity index (χ3v) is 7.83. The maximum absolute atomic E-state index is 12.2. The first-order valence-electron chi connectivity index (χ1n) is 13.6. The number of hydrogen-bond acceptors (Lipinski definition) is 5. The van der Waals surface area contributed by atoms with Gasteiger partial charge in [-0.25, -0.2) is 9.97 Å². The predicted octanol–water partition coefficient (Wildman–Crippen LogP) is 6.55. The largest absolute Gasteiger partial charge is 0.387 e. The molecule has 0 saturated heterocycles. The van der Waals surface area contributed by atoms with Crippen molar-refractivity contribution in [1.82, 2.24) is 15.0 Å². The zero-order valence-corrected chi connectivity index (χ0v) is 21.9. The number of nitrogens with one attached hydrogen (secondary N) is 1. The van der Waals surface area contributed by atoms with Gasteiger partial charge in [0.15, 0.2) is 0 Å². The van der Waals surface area contributed by atoms with Crippen LogP contribution in [0, 0.1) is 0 Å². The van der Waals surface area contributed by atoms with Crippen molar-refractivity contribution in [3.8, 4) is 11.1 Å². The molecule has 0 saturated carbocycles. The number of aryl methyl sites for hydroxylation is 1. The first kappa shape index (κ1) is 25.0. The molecule has 6 rings (SSSR count). The van der Waals surface area contributed by atoms with Crippen LogP contribution in [0.5, 0.6) is 0 Å². The normalized spacial score (nSPS) is 17.3.